The molecule has 6 nitrogen and oxygen atoms in total. The predicted molar refractivity (Wildman–Crippen MR) is 117 cm³/mol. The molecule has 0 saturated heterocycles. The Bertz CT molecular complexity index is 1200. The van der Waals surface area contributed by atoms with Crippen LogP contribution in [0.15, 0.2) is 67.0 Å². The molecule has 0 N–H and O–H groups in total. The van der Waals surface area contributed by atoms with Gasteiger partial charge in [0.25, 0.3) is 5.91 Å². The minimum atomic E-state index is -5.20. The molecule has 1 aromatic heterocycles. The Morgan fingerprint density at radius 3 is 2.53 bits per heavy atom. The van der Waals surface area contributed by atoms with Gasteiger partial charge in [-0.25, -0.2) is 4.79 Å². The molecule has 0 spiro atoms. The summed E-state index contributed by atoms with van der Waals surface area (Å²) >= 11 is 0. The van der Waals surface area contributed by atoms with Gasteiger partial charge in [-0.05, 0) is 30.2 Å². The van der Waals surface area contributed by atoms with Crippen LogP contribution in [0.5, 0.6) is 11.5 Å². The molecule has 0 aliphatic carbocycles. The number of halogens is 3. The molecule has 4 rings (SSSR count). The lowest BCUT2D eigenvalue weighted by Crippen LogP contribution is -2.35. The number of hydrogen-bond acceptors (Lipinski definition) is 5. The Kier molecular flexibility index (Phi) is 6.54. The van der Waals surface area contributed by atoms with E-state index in [-0.39, 0.29) is 23.4 Å². The highest BCUT2D eigenvalue weighted by molar-refractivity contribution is 6.00. The molecule has 176 valence electrons. The first-order chi connectivity index (χ1) is 16.3. The average Bonchev–Trinajstić information content (AvgIpc) is 3.09. The van der Waals surface area contributed by atoms with Crippen LogP contribution in [-0.2, 0) is 9.53 Å². The lowest BCUT2D eigenvalue weighted by molar-refractivity contribution is -0.211. The molecular formula is C25H21F3N2O4. The molecule has 0 fully saturated rings. The van der Waals surface area contributed by atoms with Gasteiger partial charge in [-0.2, -0.15) is 13.2 Å². The van der Waals surface area contributed by atoms with Gasteiger partial charge in [-0.3, -0.25) is 14.7 Å². The van der Waals surface area contributed by atoms with Crippen LogP contribution in [0.4, 0.5) is 13.2 Å². The van der Waals surface area contributed by atoms with Crippen molar-refractivity contribution < 1.29 is 32.2 Å². The molecule has 1 unspecified atom stereocenters. The minimum Gasteiger partial charge on any atom is -0.455 e. The smallest absolute Gasteiger partial charge is 0.455 e. The monoisotopic (exact) mass is 470 g/mol. The number of amides is 1. The van der Waals surface area contributed by atoms with Crippen molar-refractivity contribution in [2.45, 2.75) is 32.2 Å². The SMILES string of the molecule is CCCCN1C(=O)c2cccc(Oc3cncc(-c4ccccc4)c3)c2C1OC(=O)C(F)(F)F. The lowest BCUT2D eigenvalue weighted by atomic mass is 10.1. The second kappa shape index (κ2) is 9.54. The summed E-state index contributed by atoms with van der Waals surface area (Å²) in [6.45, 7) is 2.01. The Hall–Kier alpha value is -3.88. The maximum atomic E-state index is 13.0. The summed E-state index contributed by atoms with van der Waals surface area (Å²) in [6.07, 6.45) is -2.42. The molecule has 34 heavy (non-hydrogen) atoms. The van der Waals surface area contributed by atoms with Gasteiger partial charge in [-0.1, -0.05) is 49.7 Å². The van der Waals surface area contributed by atoms with Crippen molar-refractivity contribution in [3.05, 3.63) is 78.1 Å². The first kappa shape index (κ1) is 23.3. The summed E-state index contributed by atoms with van der Waals surface area (Å²) in [5, 5.41) is 0. The number of pyridine rings is 1. The normalized spacial score (nSPS) is 15.2. The van der Waals surface area contributed by atoms with Crippen LogP contribution in [0.1, 0.15) is 41.9 Å². The Labute approximate surface area is 193 Å². The summed E-state index contributed by atoms with van der Waals surface area (Å²) in [6, 6.07) is 15.7. The van der Waals surface area contributed by atoms with E-state index >= 15 is 0 Å². The Morgan fingerprint density at radius 2 is 1.82 bits per heavy atom. The fraction of sp³-hybridized carbons (Fsp3) is 0.240. The van der Waals surface area contributed by atoms with Gasteiger partial charge in [-0.15, -0.1) is 0 Å². The summed E-state index contributed by atoms with van der Waals surface area (Å²) in [7, 11) is 0. The summed E-state index contributed by atoms with van der Waals surface area (Å²) in [4.78, 5) is 30.0. The van der Waals surface area contributed by atoms with Crippen LogP contribution in [0.3, 0.4) is 0 Å². The van der Waals surface area contributed by atoms with E-state index in [1.165, 1.54) is 18.3 Å². The number of rotatable bonds is 7. The lowest BCUT2D eigenvalue weighted by Gasteiger charge is -2.26. The van der Waals surface area contributed by atoms with Gasteiger partial charge < -0.3 is 9.47 Å². The molecule has 0 radical (unpaired) electrons. The van der Waals surface area contributed by atoms with E-state index in [4.69, 9.17) is 9.47 Å². The van der Waals surface area contributed by atoms with Crippen molar-refractivity contribution in [3.8, 4) is 22.6 Å². The third kappa shape index (κ3) is 4.73. The highest BCUT2D eigenvalue weighted by atomic mass is 19.4. The molecule has 2 heterocycles. The Morgan fingerprint density at radius 1 is 1.06 bits per heavy atom. The van der Waals surface area contributed by atoms with E-state index in [9.17, 15) is 22.8 Å². The number of fused-ring (bicyclic) bond motifs is 1. The number of ether oxygens (including phenoxy) is 2. The minimum absolute atomic E-state index is 0.0753. The second-order valence-corrected chi connectivity index (χ2v) is 7.70. The number of hydrogen-bond donors (Lipinski definition) is 0. The van der Waals surface area contributed by atoms with Crippen LogP contribution < -0.4 is 4.74 Å². The van der Waals surface area contributed by atoms with Crippen molar-refractivity contribution in [2.75, 3.05) is 6.54 Å². The zero-order chi connectivity index (χ0) is 24.3. The number of carbonyl (C=O) groups is 2. The van der Waals surface area contributed by atoms with Crippen molar-refractivity contribution in [1.82, 2.24) is 9.88 Å². The molecule has 9 heteroatoms. The first-order valence-electron chi connectivity index (χ1n) is 10.7. The standard InChI is InChI=1S/C25H21F3N2O4/c1-2-3-12-30-22(31)19-10-7-11-20(21(19)23(30)34-24(32)25(26,27)28)33-18-13-17(14-29-15-18)16-8-5-4-6-9-16/h4-11,13-15,23H,2-3,12H2,1H3. The van der Waals surface area contributed by atoms with Crippen LogP contribution >= 0.6 is 0 Å². The number of benzene rings is 2. The number of alkyl halides is 3. The molecule has 1 amide bonds. The summed E-state index contributed by atoms with van der Waals surface area (Å²) < 4.78 is 49.7. The molecule has 0 saturated carbocycles. The van der Waals surface area contributed by atoms with E-state index in [0.717, 1.165) is 16.0 Å². The van der Waals surface area contributed by atoms with E-state index in [0.29, 0.717) is 18.6 Å². The molecule has 1 aliphatic heterocycles. The van der Waals surface area contributed by atoms with Crippen molar-refractivity contribution in [1.29, 1.82) is 0 Å². The van der Waals surface area contributed by atoms with Gasteiger partial charge in [0.15, 0.2) is 0 Å². The van der Waals surface area contributed by atoms with Gasteiger partial charge >= 0.3 is 12.1 Å². The maximum Gasteiger partial charge on any atom is 0.491 e. The van der Waals surface area contributed by atoms with Gasteiger partial charge in [0.2, 0.25) is 6.23 Å². The highest BCUT2D eigenvalue weighted by Gasteiger charge is 2.47. The third-order valence-electron chi connectivity index (χ3n) is 5.34. The zero-order valence-corrected chi connectivity index (χ0v) is 18.2. The molecule has 0 bridgehead atoms. The number of nitrogens with zero attached hydrogens (tertiary/aromatic N) is 2. The van der Waals surface area contributed by atoms with Crippen LogP contribution in [-0.4, -0.2) is 34.5 Å². The molecule has 3 aromatic rings. The van der Waals surface area contributed by atoms with Crippen LogP contribution in [0.25, 0.3) is 11.1 Å². The summed E-state index contributed by atoms with van der Waals surface area (Å²) in [5.41, 5.74) is 1.87. The third-order valence-corrected chi connectivity index (χ3v) is 5.34. The summed E-state index contributed by atoms with van der Waals surface area (Å²) in [5.74, 6) is -2.47. The van der Waals surface area contributed by atoms with Crippen LogP contribution in [0, 0.1) is 0 Å². The van der Waals surface area contributed by atoms with E-state index in [1.54, 1.807) is 18.3 Å². The van der Waals surface area contributed by atoms with Crippen molar-refractivity contribution in [3.63, 3.8) is 0 Å². The predicted octanol–water partition coefficient (Wildman–Crippen LogP) is 5.90. The highest BCUT2D eigenvalue weighted by Crippen LogP contribution is 2.43. The van der Waals surface area contributed by atoms with E-state index in [2.05, 4.69) is 4.98 Å². The second-order valence-electron chi connectivity index (χ2n) is 7.70. The quantitative estimate of drug-likeness (QED) is 0.402. The number of carbonyl (C=O) groups excluding carboxylic acids is 2. The van der Waals surface area contributed by atoms with Crippen molar-refractivity contribution >= 4 is 11.9 Å². The Balaban J connectivity index is 1.71. The fourth-order valence-electron chi connectivity index (χ4n) is 3.72. The molecular weight excluding hydrogens is 449 g/mol. The molecule has 1 atom stereocenters. The molecule has 1 aliphatic rings. The maximum absolute atomic E-state index is 13.0. The topological polar surface area (TPSA) is 68.7 Å². The molecule has 2 aromatic carbocycles. The first-order valence-corrected chi connectivity index (χ1v) is 10.7. The van der Waals surface area contributed by atoms with Gasteiger partial charge in [0.05, 0.1) is 17.3 Å². The van der Waals surface area contributed by atoms with E-state index in [1.807, 2.05) is 37.3 Å². The van der Waals surface area contributed by atoms with Gasteiger partial charge in [0.1, 0.15) is 11.5 Å². The van der Waals surface area contributed by atoms with Gasteiger partial charge in [0, 0.05) is 18.3 Å². The zero-order valence-electron chi connectivity index (χ0n) is 18.2. The number of aromatic nitrogens is 1. The fourth-order valence-corrected chi connectivity index (χ4v) is 3.72. The number of esters is 1. The number of unbranched alkanes of at least 4 members (excludes halogenated alkanes) is 1. The van der Waals surface area contributed by atoms with Crippen molar-refractivity contribution in [2.24, 2.45) is 0 Å². The largest absolute Gasteiger partial charge is 0.491 e. The average molecular weight is 470 g/mol. The van der Waals surface area contributed by atoms with E-state index < -0.39 is 24.3 Å². The van der Waals surface area contributed by atoms with Crippen LogP contribution in [0.2, 0.25) is 0 Å².